The van der Waals surface area contributed by atoms with Gasteiger partial charge in [0, 0.05) is 19.1 Å². The van der Waals surface area contributed by atoms with Crippen LogP contribution in [0, 0.1) is 5.21 Å². The molecule has 0 saturated heterocycles. The second kappa shape index (κ2) is 7.70. The molecule has 116 valence electrons. The van der Waals surface area contributed by atoms with Crippen LogP contribution in [0.2, 0.25) is 0 Å². The molecule has 4 N–H and O–H groups in total. The van der Waals surface area contributed by atoms with Gasteiger partial charge in [0.25, 0.3) is 0 Å². The number of esters is 1. The summed E-state index contributed by atoms with van der Waals surface area (Å²) < 4.78 is 4.80. The average Bonchev–Trinajstić information content (AvgIpc) is 2.44. The monoisotopic (exact) mass is 298 g/mol. The van der Waals surface area contributed by atoms with Crippen molar-refractivity contribution in [2.24, 2.45) is 0 Å². The fourth-order valence-corrected chi connectivity index (χ4v) is 1.77. The first kappa shape index (κ1) is 17.1. The van der Waals surface area contributed by atoms with Gasteiger partial charge in [0.15, 0.2) is 11.7 Å². The van der Waals surface area contributed by atoms with E-state index in [9.17, 15) is 19.9 Å². The Bertz CT molecular complexity index is 505. The highest BCUT2D eigenvalue weighted by atomic mass is 16.8. The minimum atomic E-state index is -1.41. The molecule has 0 aliphatic carbocycles. The van der Waals surface area contributed by atoms with Gasteiger partial charge in [-0.05, 0) is 12.5 Å². The number of aliphatic hydroxyl groups is 1. The van der Waals surface area contributed by atoms with E-state index in [1.54, 1.807) is 6.92 Å². The maximum atomic E-state index is 11.8. The lowest BCUT2D eigenvalue weighted by Crippen LogP contribution is -2.99. The number of ether oxygens (including phenoxy) is 1. The summed E-state index contributed by atoms with van der Waals surface area (Å²) in [6, 6.07) is 4.20. The number of benzene rings is 1. The van der Waals surface area contributed by atoms with E-state index in [4.69, 9.17) is 9.94 Å². The third kappa shape index (κ3) is 4.80. The number of carbonyl (C=O) groups is 2. The third-order valence-electron chi connectivity index (χ3n) is 2.69. The molecule has 1 unspecified atom stereocenters. The van der Waals surface area contributed by atoms with Crippen LogP contribution in [0.15, 0.2) is 24.3 Å². The average molecular weight is 298 g/mol. The van der Waals surface area contributed by atoms with Crippen LogP contribution in [0.1, 0.15) is 25.5 Å². The number of hydrogen-bond acceptors (Lipinski definition) is 6. The van der Waals surface area contributed by atoms with E-state index < -0.39 is 29.2 Å². The van der Waals surface area contributed by atoms with Gasteiger partial charge in [0.05, 0.1) is 6.61 Å². The largest absolute Gasteiger partial charge is 0.595 e. The van der Waals surface area contributed by atoms with E-state index in [-0.39, 0.29) is 17.9 Å². The van der Waals surface area contributed by atoms with Crippen LogP contribution in [0.25, 0.3) is 0 Å². The molecule has 0 aromatic heterocycles. The summed E-state index contributed by atoms with van der Waals surface area (Å²) in [6.07, 6.45) is -1.41. The molecule has 0 spiro atoms. The molecule has 0 radical (unpaired) electrons. The van der Waals surface area contributed by atoms with Crippen molar-refractivity contribution < 1.29 is 29.9 Å². The Labute approximate surface area is 121 Å². The normalized spacial score (nSPS) is 14.9. The van der Waals surface area contributed by atoms with Crippen LogP contribution < -0.4 is 10.5 Å². The van der Waals surface area contributed by atoms with Crippen molar-refractivity contribution in [3.8, 4) is 0 Å². The van der Waals surface area contributed by atoms with Crippen LogP contribution in [0.3, 0.4) is 0 Å². The fraction of sp³-hybridized carbons (Fsp3) is 0.385. The summed E-state index contributed by atoms with van der Waals surface area (Å²) in [5, 5.41) is 31.2. The maximum absolute atomic E-state index is 11.8. The summed E-state index contributed by atoms with van der Waals surface area (Å²) in [4.78, 5) is 22.9. The SMILES string of the molecule is CCOC(=O)[C@H](NC(C)=O)[C@H](O)c1cccc([NH+]([O-])O)c1. The fourth-order valence-electron chi connectivity index (χ4n) is 1.77. The minimum Gasteiger partial charge on any atom is -0.595 e. The molecule has 0 saturated carbocycles. The molecule has 0 aliphatic rings. The first-order valence-electron chi connectivity index (χ1n) is 6.31. The Hall–Kier alpha value is -2.00. The standard InChI is InChI=1S/C13H18N2O6/c1-3-21-13(18)11(14-8(2)16)12(17)9-5-4-6-10(7-9)15(19)20/h4-7,11-12,15,17,19H,3H2,1-2H3,(H,14,16)/t11-,12-/m1/s1. The van der Waals surface area contributed by atoms with E-state index in [0.29, 0.717) is 0 Å². The number of carbonyl (C=O) groups excluding carboxylic acids is 2. The highest BCUT2D eigenvalue weighted by molar-refractivity contribution is 5.84. The molecule has 0 bridgehead atoms. The van der Waals surface area contributed by atoms with Gasteiger partial charge in [-0.3, -0.25) is 4.79 Å². The Morgan fingerprint density at radius 3 is 2.67 bits per heavy atom. The zero-order valence-corrected chi connectivity index (χ0v) is 11.7. The number of aliphatic hydroxyl groups excluding tert-OH is 1. The molecule has 3 atom stereocenters. The quantitative estimate of drug-likeness (QED) is 0.402. The van der Waals surface area contributed by atoms with Gasteiger partial charge in [0.1, 0.15) is 6.10 Å². The van der Waals surface area contributed by atoms with Gasteiger partial charge in [-0.25, -0.2) is 10.0 Å². The lowest BCUT2D eigenvalue weighted by molar-refractivity contribution is -0.991. The summed E-state index contributed by atoms with van der Waals surface area (Å²) >= 11 is 0. The van der Waals surface area contributed by atoms with Crippen LogP contribution in [0.5, 0.6) is 0 Å². The van der Waals surface area contributed by atoms with E-state index in [1.165, 1.54) is 31.2 Å². The second-order valence-corrected chi connectivity index (χ2v) is 4.31. The number of amides is 1. The van der Waals surface area contributed by atoms with Crippen LogP contribution in [0.4, 0.5) is 5.69 Å². The molecule has 0 fully saturated rings. The van der Waals surface area contributed by atoms with E-state index in [1.807, 2.05) is 0 Å². The summed E-state index contributed by atoms with van der Waals surface area (Å²) in [6.45, 7) is 2.89. The molecular weight excluding hydrogens is 280 g/mol. The van der Waals surface area contributed by atoms with Crippen molar-refractivity contribution in [1.29, 1.82) is 0 Å². The van der Waals surface area contributed by atoms with Crippen LogP contribution in [-0.2, 0) is 14.3 Å². The Morgan fingerprint density at radius 1 is 1.48 bits per heavy atom. The molecule has 21 heavy (non-hydrogen) atoms. The topological polar surface area (TPSA) is 123 Å². The third-order valence-corrected chi connectivity index (χ3v) is 2.69. The van der Waals surface area contributed by atoms with E-state index >= 15 is 0 Å². The highest BCUT2D eigenvalue weighted by Crippen LogP contribution is 2.20. The molecule has 8 heteroatoms. The van der Waals surface area contributed by atoms with Crippen molar-refractivity contribution in [2.75, 3.05) is 6.61 Å². The predicted octanol–water partition coefficient (Wildman–Crippen LogP) is -0.809. The first-order chi connectivity index (χ1) is 9.86. The highest BCUT2D eigenvalue weighted by Gasteiger charge is 2.30. The molecule has 1 rings (SSSR count). The van der Waals surface area contributed by atoms with Gasteiger partial charge < -0.3 is 20.4 Å². The van der Waals surface area contributed by atoms with Gasteiger partial charge in [-0.2, -0.15) is 5.23 Å². The lowest BCUT2D eigenvalue weighted by atomic mass is 10.0. The molecule has 0 aliphatic heterocycles. The molecule has 1 aromatic rings. The smallest absolute Gasteiger partial charge is 0.331 e. The van der Waals surface area contributed by atoms with Crippen molar-refractivity contribution in [2.45, 2.75) is 26.0 Å². The van der Waals surface area contributed by atoms with Gasteiger partial charge in [-0.1, -0.05) is 12.1 Å². The zero-order valence-electron chi connectivity index (χ0n) is 11.7. The van der Waals surface area contributed by atoms with Crippen LogP contribution in [-0.4, -0.2) is 34.8 Å². The van der Waals surface area contributed by atoms with Gasteiger partial charge in [0.2, 0.25) is 5.91 Å². The summed E-state index contributed by atoms with van der Waals surface area (Å²) in [5.41, 5.74) is 0.165. The predicted molar refractivity (Wildman–Crippen MR) is 71.4 cm³/mol. The molecular formula is C13H18N2O6. The number of quaternary nitrogens is 1. The van der Waals surface area contributed by atoms with E-state index in [0.717, 1.165) is 0 Å². The zero-order chi connectivity index (χ0) is 16.0. The van der Waals surface area contributed by atoms with E-state index in [2.05, 4.69) is 5.32 Å². The lowest BCUT2D eigenvalue weighted by Gasteiger charge is -2.22. The van der Waals surface area contributed by atoms with Crippen molar-refractivity contribution in [3.05, 3.63) is 35.0 Å². The molecule has 0 heterocycles. The minimum absolute atomic E-state index is 0.0306. The van der Waals surface area contributed by atoms with Gasteiger partial charge >= 0.3 is 5.97 Å². The molecule has 1 aromatic carbocycles. The first-order valence-corrected chi connectivity index (χ1v) is 6.31. The number of hydrogen-bond donors (Lipinski definition) is 4. The summed E-state index contributed by atoms with van der Waals surface area (Å²) in [7, 11) is 0. The number of rotatable bonds is 6. The summed E-state index contributed by atoms with van der Waals surface area (Å²) in [5.74, 6) is -1.30. The Kier molecular flexibility index (Phi) is 6.25. The maximum Gasteiger partial charge on any atom is 0.331 e. The van der Waals surface area contributed by atoms with Crippen molar-refractivity contribution in [3.63, 3.8) is 0 Å². The Balaban J connectivity index is 3.03. The number of nitrogens with one attached hydrogen (secondary N) is 2. The van der Waals surface area contributed by atoms with Crippen molar-refractivity contribution >= 4 is 17.6 Å². The van der Waals surface area contributed by atoms with Crippen LogP contribution >= 0.6 is 0 Å². The molecule has 8 nitrogen and oxygen atoms in total. The van der Waals surface area contributed by atoms with Gasteiger partial charge in [-0.15, -0.1) is 0 Å². The Morgan fingerprint density at radius 2 is 2.14 bits per heavy atom. The second-order valence-electron chi connectivity index (χ2n) is 4.31. The molecule has 1 amide bonds. The van der Waals surface area contributed by atoms with Crippen molar-refractivity contribution in [1.82, 2.24) is 5.32 Å².